The van der Waals surface area contributed by atoms with E-state index in [1.165, 1.54) is 37.6 Å². The van der Waals surface area contributed by atoms with Crippen LogP contribution in [0.15, 0.2) is 58.8 Å². The lowest BCUT2D eigenvalue weighted by molar-refractivity contribution is 0.0951. The van der Waals surface area contributed by atoms with Crippen molar-refractivity contribution < 1.29 is 22.7 Å². The monoisotopic (exact) mass is 507 g/mol. The summed E-state index contributed by atoms with van der Waals surface area (Å²) >= 11 is 7.37. The van der Waals surface area contributed by atoms with Crippen molar-refractivity contribution in [2.75, 3.05) is 20.7 Å². The fraction of sp³-hybridized carbons (Fsp3) is 0.182. The Hall–Kier alpha value is -3.08. The minimum Gasteiger partial charge on any atom is -0.496 e. The van der Waals surface area contributed by atoms with E-state index in [0.717, 1.165) is 4.88 Å². The van der Waals surface area contributed by atoms with Gasteiger partial charge in [-0.25, -0.2) is 17.9 Å². The molecule has 3 N–H and O–H groups in total. The molecule has 0 bridgehead atoms. The van der Waals surface area contributed by atoms with E-state index in [1.54, 1.807) is 30.3 Å². The van der Waals surface area contributed by atoms with E-state index in [1.807, 2.05) is 16.2 Å². The number of nitrogens with one attached hydrogen (secondary N) is 3. The van der Waals surface area contributed by atoms with Crippen LogP contribution in [0.5, 0.6) is 5.75 Å². The smallest absolute Gasteiger partial charge is 0.328 e. The molecule has 0 unspecified atom stereocenters. The maximum absolute atomic E-state index is 12.9. The second-order valence-corrected chi connectivity index (χ2v) is 9.88. The van der Waals surface area contributed by atoms with E-state index >= 15 is 0 Å². The molecule has 174 valence electrons. The van der Waals surface area contributed by atoms with Crippen molar-refractivity contribution in [3.63, 3.8) is 0 Å². The summed E-state index contributed by atoms with van der Waals surface area (Å²) in [4.78, 5) is 25.0. The van der Waals surface area contributed by atoms with Crippen LogP contribution in [-0.4, -0.2) is 41.1 Å². The van der Waals surface area contributed by atoms with Gasteiger partial charge < -0.3 is 15.4 Å². The fourth-order valence-electron chi connectivity index (χ4n) is 3.08. The first-order valence-corrected chi connectivity index (χ1v) is 12.5. The van der Waals surface area contributed by atoms with Gasteiger partial charge in [0.2, 0.25) is 0 Å². The third kappa shape index (κ3) is 6.04. The SMILES string of the molecule is CNC(=O)NS(=O)(=O)c1cc(CCNC(=O)c2cc(Cl)ccc2OC)ccc1-c1cccs1. The summed E-state index contributed by atoms with van der Waals surface area (Å²) < 4.78 is 33.0. The predicted molar refractivity (Wildman–Crippen MR) is 129 cm³/mol. The second kappa shape index (κ2) is 10.7. The van der Waals surface area contributed by atoms with Gasteiger partial charge in [-0.3, -0.25) is 4.79 Å². The minimum atomic E-state index is -4.12. The number of amides is 3. The topological polar surface area (TPSA) is 114 Å². The van der Waals surface area contributed by atoms with Crippen LogP contribution in [0.25, 0.3) is 10.4 Å². The van der Waals surface area contributed by atoms with Crippen molar-refractivity contribution >= 4 is 44.9 Å². The Morgan fingerprint density at radius 3 is 2.58 bits per heavy atom. The summed E-state index contributed by atoms with van der Waals surface area (Å²) in [6.45, 7) is 0.245. The number of carbonyl (C=O) groups is 2. The van der Waals surface area contributed by atoms with Crippen LogP contribution in [0.1, 0.15) is 15.9 Å². The lowest BCUT2D eigenvalue weighted by atomic mass is 10.1. The van der Waals surface area contributed by atoms with Gasteiger partial charge >= 0.3 is 6.03 Å². The molecule has 0 fully saturated rings. The van der Waals surface area contributed by atoms with Gasteiger partial charge in [0.1, 0.15) is 5.75 Å². The van der Waals surface area contributed by atoms with Crippen LogP contribution < -0.4 is 20.1 Å². The summed E-state index contributed by atoms with van der Waals surface area (Å²) in [5.41, 5.74) is 1.46. The molecular formula is C22H22ClN3O5S2. The van der Waals surface area contributed by atoms with Crippen molar-refractivity contribution in [2.24, 2.45) is 0 Å². The first kappa shape index (κ1) is 24.6. The Labute approximate surface area is 201 Å². The molecule has 0 saturated heterocycles. The number of halogens is 1. The van der Waals surface area contributed by atoms with Crippen LogP contribution in [0.2, 0.25) is 5.02 Å². The zero-order valence-corrected chi connectivity index (χ0v) is 20.2. The number of hydrogen-bond acceptors (Lipinski definition) is 6. The van der Waals surface area contributed by atoms with Gasteiger partial charge in [-0.15, -0.1) is 11.3 Å². The molecule has 0 atom stereocenters. The number of thiophene rings is 1. The molecule has 3 amide bonds. The summed E-state index contributed by atoms with van der Waals surface area (Å²) in [6, 6.07) is 12.5. The number of ether oxygens (including phenoxy) is 1. The molecule has 3 aromatic rings. The quantitative estimate of drug-likeness (QED) is 0.430. The van der Waals surface area contributed by atoms with Gasteiger partial charge in [0.05, 0.1) is 17.6 Å². The average molecular weight is 508 g/mol. The number of carbonyl (C=O) groups excluding carboxylic acids is 2. The molecule has 0 spiro atoms. The third-order valence-corrected chi connectivity index (χ3v) is 7.19. The van der Waals surface area contributed by atoms with Crippen molar-refractivity contribution in [3.8, 4) is 16.2 Å². The zero-order chi connectivity index (χ0) is 24.0. The molecule has 0 radical (unpaired) electrons. The lowest BCUT2D eigenvalue weighted by Crippen LogP contribution is -2.37. The zero-order valence-electron chi connectivity index (χ0n) is 17.8. The number of sulfonamides is 1. The molecule has 1 heterocycles. The molecule has 0 aliphatic carbocycles. The molecule has 11 heteroatoms. The Morgan fingerprint density at radius 2 is 1.91 bits per heavy atom. The van der Waals surface area contributed by atoms with Gasteiger partial charge in [0.15, 0.2) is 0 Å². The fourth-order valence-corrected chi connectivity index (χ4v) is 5.31. The van der Waals surface area contributed by atoms with Gasteiger partial charge in [0.25, 0.3) is 15.9 Å². The van der Waals surface area contributed by atoms with E-state index in [4.69, 9.17) is 16.3 Å². The van der Waals surface area contributed by atoms with E-state index in [0.29, 0.717) is 33.9 Å². The first-order valence-electron chi connectivity index (χ1n) is 9.78. The van der Waals surface area contributed by atoms with Crippen molar-refractivity contribution in [1.82, 2.24) is 15.4 Å². The first-order chi connectivity index (χ1) is 15.7. The van der Waals surface area contributed by atoms with Crippen LogP contribution in [-0.2, 0) is 16.4 Å². The molecule has 2 aromatic carbocycles. The Balaban J connectivity index is 1.81. The highest BCUT2D eigenvalue weighted by Gasteiger charge is 2.23. The third-order valence-electron chi connectivity index (χ3n) is 4.68. The summed E-state index contributed by atoms with van der Waals surface area (Å²) in [5, 5.41) is 7.27. The molecule has 1 aromatic heterocycles. The molecule has 0 saturated carbocycles. The maximum Gasteiger partial charge on any atom is 0.328 e. The van der Waals surface area contributed by atoms with Crippen LogP contribution in [0, 0.1) is 0 Å². The van der Waals surface area contributed by atoms with Crippen molar-refractivity contribution in [3.05, 3.63) is 70.1 Å². The van der Waals surface area contributed by atoms with Crippen molar-refractivity contribution in [1.29, 1.82) is 0 Å². The summed E-state index contributed by atoms with van der Waals surface area (Å²) in [7, 11) is -1.33. The van der Waals surface area contributed by atoms with E-state index in [9.17, 15) is 18.0 Å². The molecule has 33 heavy (non-hydrogen) atoms. The Bertz CT molecular complexity index is 1260. The maximum atomic E-state index is 12.9. The van der Waals surface area contributed by atoms with E-state index in [-0.39, 0.29) is 17.3 Å². The van der Waals surface area contributed by atoms with Gasteiger partial charge in [-0.1, -0.05) is 29.8 Å². The number of urea groups is 1. The van der Waals surface area contributed by atoms with Crippen LogP contribution in [0.3, 0.4) is 0 Å². The Kier molecular flexibility index (Phi) is 7.96. The minimum absolute atomic E-state index is 0.0195. The van der Waals surface area contributed by atoms with Gasteiger partial charge in [-0.05, 0) is 47.7 Å². The number of methoxy groups -OCH3 is 1. The second-order valence-electron chi connectivity index (χ2n) is 6.84. The lowest BCUT2D eigenvalue weighted by Gasteiger charge is -2.13. The summed E-state index contributed by atoms with van der Waals surface area (Å²) in [6.07, 6.45) is 0.363. The molecule has 0 aliphatic heterocycles. The highest BCUT2D eigenvalue weighted by molar-refractivity contribution is 7.90. The average Bonchev–Trinajstić information content (AvgIpc) is 3.33. The molecule has 3 rings (SSSR count). The molecule has 0 aliphatic rings. The number of hydrogen-bond donors (Lipinski definition) is 3. The Morgan fingerprint density at radius 1 is 1.12 bits per heavy atom. The number of rotatable bonds is 8. The molecular weight excluding hydrogens is 486 g/mol. The van der Waals surface area contributed by atoms with Crippen LogP contribution >= 0.6 is 22.9 Å². The largest absolute Gasteiger partial charge is 0.496 e. The molecule has 8 nitrogen and oxygen atoms in total. The number of benzene rings is 2. The van der Waals surface area contributed by atoms with Crippen LogP contribution in [0.4, 0.5) is 4.79 Å². The van der Waals surface area contributed by atoms with Gasteiger partial charge in [-0.2, -0.15) is 0 Å². The van der Waals surface area contributed by atoms with E-state index < -0.39 is 16.1 Å². The normalized spacial score (nSPS) is 11.0. The predicted octanol–water partition coefficient (Wildman–Crippen LogP) is 3.67. The highest BCUT2D eigenvalue weighted by atomic mass is 35.5. The van der Waals surface area contributed by atoms with Gasteiger partial charge in [0, 0.05) is 29.1 Å². The van der Waals surface area contributed by atoms with Crippen molar-refractivity contribution in [2.45, 2.75) is 11.3 Å². The highest BCUT2D eigenvalue weighted by Crippen LogP contribution is 2.32. The standard InChI is InChI=1S/C22H22ClN3O5S2/c1-24-22(28)26-33(29,30)20-12-14(5-7-16(20)19-4-3-11-32-19)9-10-25-21(27)17-13-15(23)6-8-18(17)31-2/h3-8,11-13H,9-10H2,1-2H3,(H,25,27)(H2,24,26,28). The summed E-state index contributed by atoms with van der Waals surface area (Å²) in [5.74, 6) is 0.0320. The van der Waals surface area contributed by atoms with E-state index in [2.05, 4.69) is 10.6 Å².